The predicted octanol–water partition coefficient (Wildman–Crippen LogP) is 3.67. The van der Waals surface area contributed by atoms with E-state index in [9.17, 15) is 15.2 Å². The van der Waals surface area contributed by atoms with E-state index in [1.807, 2.05) is 12.1 Å². The molecule has 0 aliphatic carbocycles. The number of aliphatic hydroxyl groups excluding tert-OH is 1. The van der Waals surface area contributed by atoms with Gasteiger partial charge in [-0.05, 0) is 43.9 Å². The van der Waals surface area contributed by atoms with Crippen LogP contribution in [0.4, 0.5) is 11.4 Å². The zero-order valence-corrected chi connectivity index (χ0v) is 15.3. The number of nitrogens with zero attached hydrogens (tertiary/aromatic N) is 2. The second kappa shape index (κ2) is 9.43. The molecule has 25 heavy (non-hydrogen) atoms. The number of aliphatic hydroxyl groups is 1. The summed E-state index contributed by atoms with van der Waals surface area (Å²) in [6, 6.07) is 7.77. The molecule has 2 N–H and O–H groups in total. The molecule has 0 radical (unpaired) electrons. The molecule has 1 aliphatic rings. The zero-order chi connectivity index (χ0) is 18.2. The SMILES string of the molecule is CCCC(CCC)C(=O)Nc1ccc(N2CCC(O)CC2)c(C#N)c1. The van der Waals surface area contributed by atoms with E-state index in [1.165, 1.54) is 0 Å². The molecule has 5 heteroatoms. The fourth-order valence-corrected chi connectivity index (χ4v) is 3.43. The maximum atomic E-state index is 12.5. The number of hydrogen-bond donors (Lipinski definition) is 2. The highest BCUT2D eigenvalue weighted by Crippen LogP contribution is 2.27. The van der Waals surface area contributed by atoms with Crippen LogP contribution < -0.4 is 10.2 Å². The Morgan fingerprint density at radius 1 is 1.32 bits per heavy atom. The second-order valence-electron chi connectivity index (χ2n) is 6.83. The van der Waals surface area contributed by atoms with Crippen LogP contribution >= 0.6 is 0 Å². The third kappa shape index (κ3) is 5.20. The minimum Gasteiger partial charge on any atom is -0.393 e. The van der Waals surface area contributed by atoms with E-state index in [-0.39, 0.29) is 17.9 Å². The number of carbonyl (C=O) groups is 1. The highest BCUT2D eigenvalue weighted by Gasteiger charge is 2.21. The summed E-state index contributed by atoms with van der Waals surface area (Å²) in [5.74, 6) is 0.0743. The second-order valence-corrected chi connectivity index (χ2v) is 6.83. The zero-order valence-electron chi connectivity index (χ0n) is 15.3. The number of amides is 1. The molecule has 0 unspecified atom stereocenters. The number of nitrogens with one attached hydrogen (secondary N) is 1. The Morgan fingerprint density at radius 2 is 1.96 bits per heavy atom. The fraction of sp³-hybridized carbons (Fsp3) is 0.600. The van der Waals surface area contributed by atoms with E-state index in [0.29, 0.717) is 11.3 Å². The molecule has 1 aliphatic heterocycles. The first-order valence-corrected chi connectivity index (χ1v) is 9.37. The molecule has 1 fully saturated rings. The van der Waals surface area contributed by atoms with Crippen LogP contribution in [-0.2, 0) is 4.79 Å². The van der Waals surface area contributed by atoms with E-state index in [1.54, 1.807) is 6.07 Å². The van der Waals surface area contributed by atoms with Gasteiger partial charge >= 0.3 is 0 Å². The van der Waals surface area contributed by atoms with Crippen molar-refractivity contribution in [2.45, 2.75) is 58.5 Å². The molecular weight excluding hydrogens is 314 g/mol. The summed E-state index contributed by atoms with van der Waals surface area (Å²) in [4.78, 5) is 14.6. The molecule has 1 amide bonds. The first kappa shape index (κ1) is 19.3. The standard InChI is InChI=1S/C20H29N3O2/c1-3-5-15(6-4-2)20(25)22-17-7-8-19(16(13-17)14-21)23-11-9-18(24)10-12-23/h7-8,13,15,18,24H,3-6,9-12H2,1-2H3,(H,22,25). The first-order chi connectivity index (χ1) is 12.1. The van der Waals surface area contributed by atoms with Gasteiger partial charge in [0.1, 0.15) is 6.07 Å². The molecule has 1 saturated heterocycles. The molecule has 136 valence electrons. The van der Waals surface area contributed by atoms with Crippen molar-refractivity contribution in [1.82, 2.24) is 0 Å². The third-order valence-corrected chi connectivity index (χ3v) is 4.83. The Hall–Kier alpha value is -2.06. The molecule has 1 aromatic rings. The lowest BCUT2D eigenvalue weighted by Crippen LogP contribution is -2.36. The minimum absolute atomic E-state index is 0.0313. The van der Waals surface area contributed by atoms with E-state index in [0.717, 1.165) is 57.3 Å². The molecule has 1 aromatic carbocycles. The highest BCUT2D eigenvalue weighted by molar-refractivity contribution is 5.93. The van der Waals surface area contributed by atoms with Crippen LogP contribution in [-0.4, -0.2) is 30.2 Å². The van der Waals surface area contributed by atoms with Gasteiger partial charge in [-0.15, -0.1) is 0 Å². The van der Waals surface area contributed by atoms with Crippen LogP contribution in [0.25, 0.3) is 0 Å². The predicted molar refractivity (Wildman–Crippen MR) is 101 cm³/mol. The van der Waals surface area contributed by atoms with Gasteiger partial charge in [-0.2, -0.15) is 5.26 Å². The quantitative estimate of drug-likeness (QED) is 0.792. The lowest BCUT2D eigenvalue weighted by atomic mass is 9.97. The first-order valence-electron chi connectivity index (χ1n) is 9.37. The molecule has 0 spiro atoms. The maximum absolute atomic E-state index is 12.5. The van der Waals surface area contributed by atoms with Gasteiger partial charge < -0.3 is 15.3 Å². The lowest BCUT2D eigenvalue weighted by molar-refractivity contribution is -0.120. The van der Waals surface area contributed by atoms with Crippen molar-refractivity contribution in [2.24, 2.45) is 5.92 Å². The van der Waals surface area contributed by atoms with E-state index in [2.05, 4.69) is 30.1 Å². The summed E-state index contributed by atoms with van der Waals surface area (Å²) >= 11 is 0. The number of hydrogen-bond acceptors (Lipinski definition) is 4. The average molecular weight is 343 g/mol. The van der Waals surface area contributed by atoms with Gasteiger partial charge in [-0.25, -0.2) is 0 Å². The van der Waals surface area contributed by atoms with Crippen molar-refractivity contribution < 1.29 is 9.90 Å². The maximum Gasteiger partial charge on any atom is 0.227 e. The van der Waals surface area contributed by atoms with E-state index < -0.39 is 0 Å². The van der Waals surface area contributed by atoms with Crippen LogP contribution in [0, 0.1) is 17.2 Å². The molecule has 0 atom stereocenters. The summed E-state index contributed by atoms with van der Waals surface area (Å²) < 4.78 is 0. The van der Waals surface area contributed by atoms with Gasteiger partial charge in [0.2, 0.25) is 5.91 Å². The van der Waals surface area contributed by atoms with Crippen molar-refractivity contribution in [2.75, 3.05) is 23.3 Å². The van der Waals surface area contributed by atoms with E-state index in [4.69, 9.17) is 0 Å². The molecule has 0 aromatic heterocycles. The molecule has 5 nitrogen and oxygen atoms in total. The number of carbonyl (C=O) groups excluding carboxylic acids is 1. The number of nitriles is 1. The normalized spacial score (nSPS) is 15.2. The average Bonchev–Trinajstić information content (AvgIpc) is 2.62. The number of benzene rings is 1. The molecule has 0 saturated carbocycles. The molecule has 1 heterocycles. The van der Waals surface area contributed by atoms with Gasteiger partial charge in [0.05, 0.1) is 17.4 Å². The highest BCUT2D eigenvalue weighted by atomic mass is 16.3. The fourth-order valence-electron chi connectivity index (χ4n) is 3.43. The van der Waals surface area contributed by atoms with Gasteiger partial charge in [-0.1, -0.05) is 26.7 Å². The van der Waals surface area contributed by atoms with Crippen molar-refractivity contribution in [3.63, 3.8) is 0 Å². The Kier molecular flexibility index (Phi) is 7.27. The number of rotatable bonds is 7. The Balaban J connectivity index is 2.10. The van der Waals surface area contributed by atoms with Crippen molar-refractivity contribution in [3.05, 3.63) is 23.8 Å². The topological polar surface area (TPSA) is 76.4 Å². The molecular formula is C20H29N3O2. The number of anilines is 2. The van der Waals surface area contributed by atoms with Gasteiger partial charge in [-0.3, -0.25) is 4.79 Å². The van der Waals surface area contributed by atoms with Gasteiger partial charge in [0.15, 0.2) is 0 Å². The van der Waals surface area contributed by atoms with Crippen molar-refractivity contribution in [3.8, 4) is 6.07 Å². The minimum atomic E-state index is -0.241. The van der Waals surface area contributed by atoms with Crippen molar-refractivity contribution >= 4 is 17.3 Å². The van der Waals surface area contributed by atoms with Crippen LogP contribution in [0.2, 0.25) is 0 Å². The smallest absolute Gasteiger partial charge is 0.227 e. The third-order valence-electron chi connectivity index (χ3n) is 4.83. The van der Waals surface area contributed by atoms with Crippen molar-refractivity contribution in [1.29, 1.82) is 5.26 Å². The monoisotopic (exact) mass is 343 g/mol. The summed E-state index contributed by atoms with van der Waals surface area (Å²) in [6.07, 6.45) is 4.95. The van der Waals surface area contributed by atoms with Gasteiger partial charge in [0, 0.05) is 24.7 Å². The summed E-state index contributed by atoms with van der Waals surface area (Å²) in [5, 5.41) is 22.1. The Bertz CT molecular complexity index is 610. The van der Waals surface area contributed by atoms with Crippen LogP contribution in [0.1, 0.15) is 57.9 Å². The van der Waals surface area contributed by atoms with Crippen LogP contribution in [0.15, 0.2) is 18.2 Å². The molecule has 2 rings (SSSR count). The summed E-state index contributed by atoms with van der Waals surface area (Å²) in [7, 11) is 0. The van der Waals surface area contributed by atoms with Gasteiger partial charge in [0.25, 0.3) is 0 Å². The van der Waals surface area contributed by atoms with Crippen LogP contribution in [0.5, 0.6) is 0 Å². The molecule has 0 bridgehead atoms. The number of piperidine rings is 1. The Labute approximate surface area is 150 Å². The summed E-state index contributed by atoms with van der Waals surface area (Å²) in [5.41, 5.74) is 2.13. The van der Waals surface area contributed by atoms with Crippen LogP contribution in [0.3, 0.4) is 0 Å². The van der Waals surface area contributed by atoms with E-state index >= 15 is 0 Å². The lowest BCUT2D eigenvalue weighted by Gasteiger charge is -2.32. The Morgan fingerprint density at radius 3 is 2.52 bits per heavy atom. The largest absolute Gasteiger partial charge is 0.393 e. The summed E-state index contributed by atoms with van der Waals surface area (Å²) in [6.45, 7) is 5.68.